The number of hydrogen-bond acceptors (Lipinski definition) is 8. The number of aromatic nitrogens is 3. The van der Waals surface area contributed by atoms with Gasteiger partial charge in [0, 0.05) is 13.1 Å². The monoisotopic (exact) mass is 319 g/mol. The van der Waals surface area contributed by atoms with Gasteiger partial charge in [0.15, 0.2) is 0 Å². The Hall–Kier alpha value is -1.88. The Morgan fingerprint density at radius 2 is 1.52 bits per heavy atom. The van der Waals surface area contributed by atoms with Crippen LogP contribution in [-0.4, -0.2) is 36.0 Å². The molecule has 1 aliphatic rings. The van der Waals surface area contributed by atoms with Crippen molar-refractivity contribution in [3.63, 3.8) is 0 Å². The van der Waals surface area contributed by atoms with Crippen molar-refractivity contribution < 1.29 is 22.0 Å². The van der Waals surface area contributed by atoms with Crippen molar-refractivity contribution in [1.29, 1.82) is 0 Å². The highest BCUT2D eigenvalue weighted by molar-refractivity contribution is 7.80. The van der Waals surface area contributed by atoms with Gasteiger partial charge in [-0.25, -0.2) is 4.28 Å². The third-order valence-corrected chi connectivity index (χ3v) is 3.49. The summed E-state index contributed by atoms with van der Waals surface area (Å²) in [5, 5.41) is 0. The number of nitrogens with zero attached hydrogens (tertiary/aromatic N) is 4. The van der Waals surface area contributed by atoms with Crippen LogP contribution in [0, 0.1) is 0 Å². The molecular weight excluding hydrogens is 300 g/mol. The van der Waals surface area contributed by atoms with Gasteiger partial charge in [0.2, 0.25) is 0 Å². The minimum Gasteiger partial charge on any atom is -0.324 e. The molecule has 0 aromatic carbocycles. The molecule has 21 heavy (non-hydrogen) atoms. The van der Waals surface area contributed by atoms with E-state index < -0.39 is 10.4 Å². The molecule has 0 saturated carbocycles. The molecular formula is C10H19N6O4S+. The number of rotatable bonds is 3. The summed E-state index contributed by atoms with van der Waals surface area (Å²) in [5.41, 5.74) is 11.2. The number of hydrogen-bond donors (Lipinski definition) is 3. The molecule has 1 aliphatic heterocycles. The first-order valence-corrected chi connectivity index (χ1v) is 8.01. The second-order valence-corrected chi connectivity index (χ2v) is 5.80. The summed E-state index contributed by atoms with van der Waals surface area (Å²) in [6, 6.07) is 0. The molecule has 2 rings (SSSR count). The SMILES string of the molecule is Nc1nc(N2CCCCCCC2)nc(N)[n+]1OS(=O)(=O)O. The Balaban J connectivity index is 2.25. The van der Waals surface area contributed by atoms with E-state index in [1.165, 1.54) is 6.42 Å². The third-order valence-electron chi connectivity index (χ3n) is 3.15. The predicted octanol–water partition coefficient (Wildman–Crippen LogP) is -1.07. The highest BCUT2D eigenvalue weighted by Gasteiger charge is 2.24. The van der Waals surface area contributed by atoms with E-state index in [4.69, 9.17) is 16.0 Å². The Morgan fingerprint density at radius 1 is 1.05 bits per heavy atom. The molecule has 10 nitrogen and oxygen atoms in total. The molecule has 1 aromatic heterocycles. The summed E-state index contributed by atoms with van der Waals surface area (Å²) in [4.78, 5) is 9.93. The van der Waals surface area contributed by atoms with Crippen molar-refractivity contribution in [2.75, 3.05) is 29.5 Å². The van der Waals surface area contributed by atoms with E-state index in [2.05, 4.69) is 14.3 Å². The van der Waals surface area contributed by atoms with Crippen LogP contribution in [-0.2, 0) is 10.4 Å². The molecule has 0 amide bonds. The van der Waals surface area contributed by atoms with Crippen LogP contribution in [0.2, 0.25) is 0 Å². The normalized spacial score (nSPS) is 17.1. The van der Waals surface area contributed by atoms with Gasteiger partial charge in [-0.3, -0.25) is 4.55 Å². The third kappa shape index (κ3) is 4.29. The zero-order valence-electron chi connectivity index (χ0n) is 11.5. The van der Waals surface area contributed by atoms with Crippen molar-refractivity contribution in [2.45, 2.75) is 32.1 Å². The van der Waals surface area contributed by atoms with Gasteiger partial charge in [-0.1, -0.05) is 29.2 Å². The lowest BCUT2D eigenvalue weighted by Gasteiger charge is -2.22. The standard InChI is InChI=1S/C10H18N6O4S/c11-8-13-10(15-6-4-2-1-3-5-7-15)14-9(12)16(8)20-21(17,18)19/h1-7H2,(H4,11,12,13,14,17,18,19)/p+1. The fourth-order valence-corrected chi connectivity index (χ4v) is 2.54. The van der Waals surface area contributed by atoms with E-state index in [1.54, 1.807) is 0 Å². The lowest BCUT2D eigenvalue weighted by atomic mass is 10.1. The first kappa shape index (κ1) is 15.5. The molecule has 0 bridgehead atoms. The summed E-state index contributed by atoms with van der Waals surface area (Å²) in [6.45, 7) is 1.56. The molecule has 1 aromatic rings. The number of nitrogen functional groups attached to an aromatic ring is 2. The van der Waals surface area contributed by atoms with E-state index in [0.29, 0.717) is 10.7 Å². The van der Waals surface area contributed by atoms with E-state index in [0.717, 1.165) is 38.8 Å². The fourth-order valence-electron chi connectivity index (χ4n) is 2.20. The smallest absolute Gasteiger partial charge is 0.324 e. The van der Waals surface area contributed by atoms with Crippen molar-refractivity contribution in [3.05, 3.63) is 0 Å². The van der Waals surface area contributed by atoms with Gasteiger partial charge < -0.3 is 16.4 Å². The summed E-state index contributed by atoms with van der Waals surface area (Å²) in [7, 11) is -4.76. The Bertz CT molecular complexity index is 577. The highest BCUT2D eigenvalue weighted by atomic mass is 32.3. The van der Waals surface area contributed by atoms with Crippen LogP contribution in [0.25, 0.3) is 0 Å². The first-order chi connectivity index (χ1) is 9.87. The maximum absolute atomic E-state index is 10.7. The van der Waals surface area contributed by atoms with Gasteiger partial charge in [-0.2, -0.15) is 8.42 Å². The summed E-state index contributed by atoms with van der Waals surface area (Å²) in [5.74, 6) is -0.295. The Morgan fingerprint density at radius 3 is 2.00 bits per heavy atom. The topological polar surface area (TPSA) is 149 Å². The van der Waals surface area contributed by atoms with Gasteiger partial charge in [-0.15, -0.1) is 0 Å². The first-order valence-electron chi connectivity index (χ1n) is 6.64. The molecule has 0 atom stereocenters. The van der Waals surface area contributed by atoms with Crippen LogP contribution in [0.3, 0.4) is 0 Å². The van der Waals surface area contributed by atoms with Crippen molar-refractivity contribution >= 4 is 28.2 Å². The van der Waals surface area contributed by atoms with Crippen LogP contribution in [0.1, 0.15) is 32.1 Å². The maximum Gasteiger partial charge on any atom is 0.472 e. The Kier molecular flexibility index (Phi) is 4.63. The van der Waals surface area contributed by atoms with E-state index in [9.17, 15) is 8.42 Å². The molecule has 0 spiro atoms. The minimum atomic E-state index is -4.76. The second kappa shape index (κ2) is 6.26. The average Bonchev–Trinajstić information content (AvgIpc) is 2.32. The molecule has 0 aliphatic carbocycles. The van der Waals surface area contributed by atoms with Crippen LogP contribution < -0.4 is 25.4 Å². The van der Waals surface area contributed by atoms with E-state index >= 15 is 0 Å². The zero-order chi connectivity index (χ0) is 15.5. The molecule has 0 unspecified atom stereocenters. The summed E-state index contributed by atoms with van der Waals surface area (Å²) in [6.07, 6.45) is 5.52. The molecule has 2 heterocycles. The van der Waals surface area contributed by atoms with Crippen molar-refractivity contribution in [2.24, 2.45) is 0 Å². The van der Waals surface area contributed by atoms with Gasteiger partial charge in [0.1, 0.15) is 0 Å². The van der Waals surface area contributed by atoms with E-state index in [1.807, 2.05) is 4.90 Å². The lowest BCUT2D eigenvalue weighted by molar-refractivity contribution is -0.836. The maximum atomic E-state index is 10.7. The Labute approximate surface area is 122 Å². The van der Waals surface area contributed by atoms with Crippen LogP contribution in [0.15, 0.2) is 0 Å². The summed E-state index contributed by atoms with van der Waals surface area (Å²) >= 11 is 0. The van der Waals surface area contributed by atoms with Crippen LogP contribution >= 0.6 is 0 Å². The molecule has 5 N–H and O–H groups in total. The highest BCUT2D eigenvalue weighted by Crippen LogP contribution is 2.16. The average molecular weight is 319 g/mol. The largest absolute Gasteiger partial charge is 0.472 e. The van der Waals surface area contributed by atoms with Crippen LogP contribution in [0.4, 0.5) is 17.8 Å². The van der Waals surface area contributed by atoms with Gasteiger partial charge in [0.05, 0.1) is 0 Å². The van der Waals surface area contributed by atoms with Crippen molar-refractivity contribution in [1.82, 2.24) is 9.97 Å². The predicted molar refractivity (Wildman–Crippen MR) is 74.5 cm³/mol. The van der Waals surface area contributed by atoms with E-state index in [-0.39, 0.29) is 11.9 Å². The lowest BCUT2D eigenvalue weighted by Crippen LogP contribution is -2.51. The zero-order valence-corrected chi connectivity index (χ0v) is 12.3. The fraction of sp³-hybridized carbons (Fsp3) is 0.700. The van der Waals surface area contributed by atoms with Crippen molar-refractivity contribution in [3.8, 4) is 0 Å². The van der Waals surface area contributed by atoms with Gasteiger partial charge in [-0.05, 0) is 17.6 Å². The van der Waals surface area contributed by atoms with Gasteiger partial charge >= 0.3 is 28.2 Å². The quantitative estimate of drug-likeness (QED) is 0.467. The minimum absolute atomic E-state index is 0.308. The molecule has 118 valence electrons. The second-order valence-electron chi connectivity index (χ2n) is 4.79. The van der Waals surface area contributed by atoms with Gasteiger partial charge in [0.25, 0.3) is 0 Å². The number of anilines is 3. The summed E-state index contributed by atoms with van der Waals surface area (Å²) < 4.78 is 34.7. The molecule has 11 heteroatoms. The number of nitrogens with two attached hydrogens (primary N) is 2. The molecule has 0 radical (unpaired) electrons. The molecule has 1 fully saturated rings. The van der Waals surface area contributed by atoms with Crippen LogP contribution in [0.5, 0.6) is 0 Å². The molecule has 1 saturated heterocycles.